The largest absolute Gasteiger partial charge is 0.381 e. The predicted molar refractivity (Wildman–Crippen MR) is 187 cm³/mol. The third-order valence-corrected chi connectivity index (χ3v) is 9.55. The van der Waals surface area contributed by atoms with Gasteiger partial charge in [0.25, 0.3) is 5.91 Å². The molecule has 1 saturated heterocycles. The molecule has 262 valence electrons. The molecule has 2 aromatic carbocycles. The molecule has 2 aromatic rings. The maximum atomic E-state index is 14.1. The molecule has 5 N–H and O–H groups in total. The van der Waals surface area contributed by atoms with E-state index >= 15 is 0 Å². The molecule has 1 heterocycles. The second kappa shape index (κ2) is 16.5. The van der Waals surface area contributed by atoms with E-state index in [0.717, 1.165) is 5.56 Å². The van der Waals surface area contributed by atoms with Crippen LogP contribution in [0.5, 0.6) is 0 Å². The van der Waals surface area contributed by atoms with Crippen LogP contribution in [0, 0.1) is 11.3 Å². The van der Waals surface area contributed by atoms with E-state index in [1.165, 1.54) is 23.6 Å². The summed E-state index contributed by atoms with van der Waals surface area (Å²) < 4.78 is -0.612. The van der Waals surface area contributed by atoms with Crippen molar-refractivity contribution in [2.24, 2.45) is 11.3 Å². The Balaban J connectivity index is 1.91. The van der Waals surface area contributed by atoms with Gasteiger partial charge < -0.3 is 31.3 Å². The number of carbonyl (C=O) groups excluding carboxylic acids is 5. The van der Waals surface area contributed by atoms with Crippen molar-refractivity contribution in [2.45, 2.75) is 96.8 Å². The number of carbonyl (C=O) groups is 5. The van der Waals surface area contributed by atoms with Crippen molar-refractivity contribution < 1.29 is 29.1 Å². The number of hydrogen-bond acceptors (Lipinski definition) is 7. The Hall–Kier alpha value is -3.90. The summed E-state index contributed by atoms with van der Waals surface area (Å²) in [6.45, 7) is 14.8. The third kappa shape index (κ3) is 10.3. The smallest absolute Gasteiger partial charge is 0.254 e. The van der Waals surface area contributed by atoms with E-state index < -0.39 is 64.1 Å². The summed E-state index contributed by atoms with van der Waals surface area (Å²) in [5.74, 6) is -2.19. The summed E-state index contributed by atoms with van der Waals surface area (Å²) in [5, 5.41) is 22.9. The molecule has 0 bridgehead atoms. The minimum atomic E-state index is -1.70. The second-order valence-electron chi connectivity index (χ2n) is 14.3. The molecule has 5 amide bonds. The van der Waals surface area contributed by atoms with Gasteiger partial charge in [0.2, 0.25) is 23.6 Å². The van der Waals surface area contributed by atoms with Crippen molar-refractivity contribution in [3.63, 3.8) is 0 Å². The standard InChI is InChI=1S/C36H51N5O6S/c1-22(2)20-37-33(46)30-36(7,8)48-21-41(30)34(47)28(43)26(19-24-15-11-9-12-16-24)39-32(45)29(35(4,5)6)40-31(44)27(38-23(3)42)25-17-13-10-14-18-25/h9-18,22,26-30,43H,19-21H2,1-8H3,(H,37,46)(H,38,42)(H,39,45)(H,40,44)/t26-,27-,28-,29+,30?/m0/s1. The molecule has 1 fully saturated rings. The van der Waals surface area contributed by atoms with Crippen LogP contribution in [0.3, 0.4) is 0 Å². The van der Waals surface area contributed by atoms with Crippen LogP contribution in [0.4, 0.5) is 0 Å². The Kier molecular flexibility index (Phi) is 13.2. The Morgan fingerprint density at radius 1 is 0.917 bits per heavy atom. The number of nitrogens with one attached hydrogen (secondary N) is 4. The van der Waals surface area contributed by atoms with Crippen LogP contribution in [0.25, 0.3) is 0 Å². The summed E-state index contributed by atoms with van der Waals surface area (Å²) in [7, 11) is 0. The Labute approximate surface area is 288 Å². The molecule has 1 aliphatic rings. The molecule has 5 atom stereocenters. The van der Waals surface area contributed by atoms with E-state index in [2.05, 4.69) is 21.3 Å². The first-order valence-electron chi connectivity index (χ1n) is 16.3. The van der Waals surface area contributed by atoms with E-state index in [4.69, 9.17) is 0 Å². The predicted octanol–water partition coefficient (Wildman–Crippen LogP) is 2.94. The minimum absolute atomic E-state index is 0.109. The minimum Gasteiger partial charge on any atom is -0.381 e. The van der Waals surface area contributed by atoms with Crippen molar-refractivity contribution in [3.05, 3.63) is 71.8 Å². The normalized spacial score (nSPS) is 18.3. The van der Waals surface area contributed by atoms with Crippen LogP contribution in [-0.2, 0) is 30.4 Å². The zero-order chi connectivity index (χ0) is 35.8. The van der Waals surface area contributed by atoms with Crippen molar-refractivity contribution in [1.82, 2.24) is 26.2 Å². The highest BCUT2D eigenvalue weighted by Gasteiger charge is 2.50. The van der Waals surface area contributed by atoms with Crippen LogP contribution in [-0.4, -0.2) is 80.9 Å². The van der Waals surface area contributed by atoms with Crippen LogP contribution >= 0.6 is 11.8 Å². The topological polar surface area (TPSA) is 157 Å². The Morgan fingerprint density at radius 3 is 2.04 bits per heavy atom. The van der Waals surface area contributed by atoms with Gasteiger partial charge in [-0.15, -0.1) is 11.8 Å². The number of benzene rings is 2. The molecule has 0 aliphatic carbocycles. The van der Waals surface area contributed by atoms with Crippen LogP contribution < -0.4 is 21.3 Å². The lowest BCUT2D eigenvalue weighted by molar-refractivity contribution is -0.148. The molecular formula is C36H51N5O6S. The van der Waals surface area contributed by atoms with Gasteiger partial charge in [0, 0.05) is 18.2 Å². The first kappa shape index (κ1) is 38.5. The summed E-state index contributed by atoms with van der Waals surface area (Å²) in [5.41, 5.74) is 0.501. The molecule has 0 saturated carbocycles. The van der Waals surface area contributed by atoms with Crippen LogP contribution in [0.1, 0.15) is 72.6 Å². The molecule has 3 rings (SSSR count). The molecule has 0 spiro atoms. The highest BCUT2D eigenvalue weighted by Crippen LogP contribution is 2.40. The van der Waals surface area contributed by atoms with Gasteiger partial charge >= 0.3 is 0 Å². The average molecular weight is 682 g/mol. The summed E-state index contributed by atoms with van der Waals surface area (Å²) in [6.07, 6.45) is -1.59. The second-order valence-corrected chi connectivity index (χ2v) is 15.9. The lowest BCUT2D eigenvalue weighted by Crippen LogP contribution is -2.62. The third-order valence-electron chi connectivity index (χ3n) is 8.18. The number of hydrogen-bond donors (Lipinski definition) is 5. The van der Waals surface area contributed by atoms with E-state index in [1.807, 2.05) is 58.0 Å². The quantitative estimate of drug-likeness (QED) is 0.218. The van der Waals surface area contributed by atoms with Crippen molar-refractivity contribution in [3.8, 4) is 0 Å². The maximum absolute atomic E-state index is 14.1. The summed E-state index contributed by atoms with van der Waals surface area (Å²) >= 11 is 1.44. The molecule has 12 heteroatoms. The van der Waals surface area contributed by atoms with E-state index in [1.54, 1.807) is 51.1 Å². The van der Waals surface area contributed by atoms with Crippen LogP contribution in [0.2, 0.25) is 0 Å². The first-order chi connectivity index (χ1) is 22.4. The van der Waals surface area contributed by atoms with Gasteiger partial charge in [-0.2, -0.15) is 0 Å². The Bertz CT molecular complexity index is 1430. The van der Waals surface area contributed by atoms with Crippen LogP contribution in [0.15, 0.2) is 60.7 Å². The average Bonchev–Trinajstić information content (AvgIpc) is 3.34. The molecular weight excluding hydrogens is 630 g/mol. The van der Waals surface area contributed by atoms with Gasteiger partial charge in [0.05, 0.1) is 11.9 Å². The van der Waals surface area contributed by atoms with Crippen molar-refractivity contribution >= 4 is 41.3 Å². The van der Waals surface area contributed by atoms with E-state index in [-0.39, 0.29) is 24.1 Å². The van der Waals surface area contributed by atoms with Gasteiger partial charge in [-0.1, -0.05) is 95.3 Å². The SMILES string of the molecule is CC(=O)N[C@H](C(=O)N[C@H](C(=O)N[C@@H](Cc1ccccc1)[C@H](O)C(=O)N1CSC(C)(C)C1C(=O)NCC(C)C)C(C)(C)C)c1ccccc1. The van der Waals surface area contributed by atoms with Crippen molar-refractivity contribution in [1.29, 1.82) is 0 Å². The maximum Gasteiger partial charge on any atom is 0.254 e. The van der Waals surface area contributed by atoms with Crippen molar-refractivity contribution in [2.75, 3.05) is 12.4 Å². The lowest BCUT2D eigenvalue weighted by atomic mass is 9.85. The summed E-state index contributed by atoms with van der Waals surface area (Å²) in [6, 6.07) is 13.7. The number of aliphatic hydroxyl groups excluding tert-OH is 1. The first-order valence-corrected chi connectivity index (χ1v) is 17.3. The van der Waals surface area contributed by atoms with Gasteiger partial charge in [-0.3, -0.25) is 24.0 Å². The lowest BCUT2D eigenvalue weighted by Gasteiger charge is -2.35. The van der Waals surface area contributed by atoms with E-state index in [9.17, 15) is 29.1 Å². The molecule has 0 aromatic heterocycles. The number of rotatable bonds is 13. The molecule has 1 unspecified atom stereocenters. The number of nitrogens with zero attached hydrogens (tertiary/aromatic N) is 1. The fourth-order valence-electron chi connectivity index (χ4n) is 5.58. The zero-order valence-corrected chi connectivity index (χ0v) is 30.0. The molecule has 48 heavy (non-hydrogen) atoms. The fourth-order valence-corrected chi connectivity index (χ4v) is 6.72. The number of amides is 5. The van der Waals surface area contributed by atoms with Gasteiger partial charge in [0.1, 0.15) is 18.1 Å². The number of aliphatic hydroxyl groups is 1. The van der Waals surface area contributed by atoms with E-state index in [0.29, 0.717) is 12.1 Å². The molecule has 1 aliphatic heterocycles. The monoisotopic (exact) mass is 681 g/mol. The molecule has 0 radical (unpaired) electrons. The van der Waals surface area contributed by atoms with Gasteiger partial charge in [-0.05, 0) is 42.7 Å². The molecule has 11 nitrogen and oxygen atoms in total. The van der Waals surface area contributed by atoms with Gasteiger partial charge in [-0.25, -0.2) is 0 Å². The highest BCUT2D eigenvalue weighted by molar-refractivity contribution is 8.00. The van der Waals surface area contributed by atoms with Gasteiger partial charge in [0.15, 0.2) is 6.10 Å². The highest BCUT2D eigenvalue weighted by atomic mass is 32.2. The fraction of sp³-hybridized carbons (Fsp3) is 0.528. The summed E-state index contributed by atoms with van der Waals surface area (Å²) in [4.78, 5) is 68.5. The zero-order valence-electron chi connectivity index (χ0n) is 29.2. The Morgan fingerprint density at radius 2 is 1.50 bits per heavy atom. The number of thioether (sulfide) groups is 1.